The number of pyridine rings is 1. The summed E-state index contributed by atoms with van der Waals surface area (Å²) < 4.78 is 0. The van der Waals surface area contributed by atoms with Crippen LogP contribution < -0.4 is 5.32 Å². The molecule has 4 heteroatoms. The Bertz CT molecular complexity index is 528. The predicted octanol–water partition coefficient (Wildman–Crippen LogP) is 1.59. The Morgan fingerprint density at radius 3 is 3.25 bits per heavy atom. The first-order chi connectivity index (χ1) is 7.83. The molecule has 2 aromatic rings. The van der Waals surface area contributed by atoms with Crippen molar-refractivity contribution in [2.75, 3.05) is 0 Å². The SMILES string of the molecule is O=C(NCc1cnc2[nH]ccc2c1)C1CC1. The molecule has 0 aliphatic heterocycles. The van der Waals surface area contributed by atoms with E-state index in [1.54, 1.807) is 6.20 Å². The van der Waals surface area contributed by atoms with Gasteiger partial charge in [0.25, 0.3) is 0 Å². The van der Waals surface area contributed by atoms with E-state index < -0.39 is 0 Å². The van der Waals surface area contributed by atoms with Gasteiger partial charge < -0.3 is 10.3 Å². The van der Waals surface area contributed by atoms with Crippen molar-refractivity contribution in [3.8, 4) is 0 Å². The zero-order valence-corrected chi connectivity index (χ0v) is 8.86. The van der Waals surface area contributed by atoms with E-state index in [4.69, 9.17) is 0 Å². The van der Waals surface area contributed by atoms with Crippen LogP contribution in [0.5, 0.6) is 0 Å². The number of rotatable bonds is 3. The van der Waals surface area contributed by atoms with E-state index in [0.717, 1.165) is 29.4 Å². The van der Waals surface area contributed by atoms with Gasteiger partial charge in [-0.25, -0.2) is 4.98 Å². The zero-order valence-electron chi connectivity index (χ0n) is 8.86. The van der Waals surface area contributed by atoms with Crippen LogP contribution in [0.25, 0.3) is 11.0 Å². The maximum absolute atomic E-state index is 11.5. The fraction of sp³-hybridized carbons (Fsp3) is 0.333. The van der Waals surface area contributed by atoms with Gasteiger partial charge in [-0.1, -0.05) is 0 Å². The minimum absolute atomic E-state index is 0.175. The summed E-state index contributed by atoms with van der Waals surface area (Å²) >= 11 is 0. The fourth-order valence-electron chi connectivity index (χ4n) is 1.76. The summed E-state index contributed by atoms with van der Waals surface area (Å²) in [6, 6.07) is 4.03. The topological polar surface area (TPSA) is 57.8 Å². The molecule has 1 fully saturated rings. The summed E-state index contributed by atoms with van der Waals surface area (Å²) in [5, 5.41) is 4.01. The second-order valence-corrected chi connectivity index (χ2v) is 4.25. The third-order valence-corrected chi connectivity index (χ3v) is 2.87. The largest absolute Gasteiger partial charge is 0.352 e. The van der Waals surface area contributed by atoms with Crippen molar-refractivity contribution in [1.82, 2.24) is 15.3 Å². The number of amides is 1. The van der Waals surface area contributed by atoms with E-state index in [1.165, 1.54) is 0 Å². The van der Waals surface area contributed by atoms with E-state index in [0.29, 0.717) is 6.54 Å². The van der Waals surface area contributed by atoms with Gasteiger partial charge in [-0.3, -0.25) is 4.79 Å². The van der Waals surface area contributed by atoms with Gasteiger partial charge in [0.2, 0.25) is 5.91 Å². The molecule has 0 aromatic carbocycles. The monoisotopic (exact) mass is 215 g/mol. The molecule has 82 valence electrons. The summed E-state index contributed by atoms with van der Waals surface area (Å²) in [5.74, 6) is 0.443. The molecule has 1 amide bonds. The molecule has 1 aliphatic rings. The van der Waals surface area contributed by atoms with Crippen molar-refractivity contribution in [2.45, 2.75) is 19.4 Å². The lowest BCUT2D eigenvalue weighted by Crippen LogP contribution is -2.24. The van der Waals surface area contributed by atoms with Gasteiger partial charge in [0, 0.05) is 30.2 Å². The zero-order chi connectivity index (χ0) is 11.0. The molecule has 2 N–H and O–H groups in total. The molecule has 16 heavy (non-hydrogen) atoms. The molecule has 3 rings (SSSR count). The average Bonchev–Trinajstić information content (AvgIpc) is 3.04. The van der Waals surface area contributed by atoms with Gasteiger partial charge in [0.05, 0.1) is 0 Å². The van der Waals surface area contributed by atoms with Crippen LogP contribution in [0.15, 0.2) is 24.5 Å². The second kappa shape index (κ2) is 3.63. The quantitative estimate of drug-likeness (QED) is 0.816. The summed E-state index contributed by atoms with van der Waals surface area (Å²) in [6.07, 6.45) is 5.75. The molecule has 1 saturated carbocycles. The highest BCUT2D eigenvalue weighted by molar-refractivity contribution is 5.81. The van der Waals surface area contributed by atoms with Crippen molar-refractivity contribution >= 4 is 16.9 Å². The van der Waals surface area contributed by atoms with Gasteiger partial charge >= 0.3 is 0 Å². The lowest BCUT2D eigenvalue weighted by atomic mass is 10.2. The van der Waals surface area contributed by atoms with Crippen molar-refractivity contribution < 1.29 is 4.79 Å². The van der Waals surface area contributed by atoms with Crippen LogP contribution in [0.1, 0.15) is 18.4 Å². The summed E-state index contributed by atoms with van der Waals surface area (Å²) in [4.78, 5) is 18.8. The molecule has 1 aliphatic carbocycles. The number of aromatic amines is 1. The van der Waals surface area contributed by atoms with Crippen LogP contribution in [-0.4, -0.2) is 15.9 Å². The molecule has 2 heterocycles. The van der Waals surface area contributed by atoms with E-state index >= 15 is 0 Å². The average molecular weight is 215 g/mol. The number of carbonyl (C=O) groups is 1. The highest BCUT2D eigenvalue weighted by Crippen LogP contribution is 2.28. The van der Waals surface area contributed by atoms with Crippen molar-refractivity contribution in [3.63, 3.8) is 0 Å². The molecular weight excluding hydrogens is 202 g/mol. The lowest BCUT2D eigenvalue weighted by molar-refractivity contribution is -0.122. The van der Waals surface area contributed by atoms with Crippen molar-refractivity contribution in [2.24, 2.45) is 5.92 Å². The Labute approximate surface area is 93.1 Å². The fourth-order valence-corrected chi connectivity index (χ4v) is 1.76. The number of nitrogens with one attached hydrogen (secondary N) is 2. The molecule has 2 aromatic heterocycles. The summed E-state index contributed by atoms with van der Waals surface area (Å²) in [5.41, 5.74) is 1.93. The first-order valence-corrected chi connectivity index (χ1v) is 5.52. The molecule has 0 bridgehead atoms. The number of aromatic nitrogens is 2. The van der Waals surface area contributed by atoms with Gasteiger partial charge in [-0.15, -0.1) is 0 Å². The van der Waals surface area contributed by atoms with Gasteiger partial charge in [0.1, 0.15) is 5.65 Å². The molecule has 0 saturated heterocycles. The number of H-pyrrole nitrogens is 1. The van der Waals surface area contributed by atoms with Crippen LogP contribution in [0.2, 0.25) is 0 Å². The lowest BCUT2D eigenvalue weighted by Gasteiger charge is -2.03. The first-order valence-electron chi connectivity index (χ1n) is 5.52. The van der Waals surface area contributed by atoms with Crippen LogP contribution in [0.4, 0.5) is 0 Å². The van der Waals surface area contributed by atoms with E-state index in [-0.39, 0.29) is 11.8 Å². The highest BCUT2D eigenvalue weighted by atomic mass is 16.2. The standard InChI is InChI=1S/C12H13N3O/c16-12(9-1-2-9)15-7-8-5-10-3-4-13-11(10)14-6-8/h3-6,9H,1-2,7H2,(H,13,14)(H,15,16). The summed E-state index contributed by atoms with van der Waals surface area (Å²) in [7, 11) is 0. The van der Waals surface area contributed by atoms with Gasteiger partial charge in [0.15, 0.2) is 0 Å². The third kappa shape index (κ3) is 1.78. The Hall–Kier alpha value is -1.84. The van der Waals surface area contributed by atoms with Crippen LogP contribution >= 0.6 is 0 Å². The number of carbonyl (C=O) groups excluding carboxylic acids is 1. The van der Waals surface area contributed by atoms with Gasteiger partial charge in [-0.05, 0) is 30.5 Å². The number of hydrogen-bond donors (Lipinski definition) is 2. The van der Waals surface area contributed by atoms with Crippen molar-refractivity contribution in [3.05, 3.63) is 30.1 Å². The van der Waals surface area contributed by atoms with Crippen molar-refractivity contribution in [1.29, 1.82) is 0 Å². The molecule has 0 radical (unpaired) electrons. The molecule has 0 spiro atoms. The first kappa shape index (κ1) is 9.39. The minimum Gasteiger partial charge on any atom is -0.352 e. The second-order valence-electron chi connectivity index (χ2n) is 4.25. The normalized spacial score (nSPS) is 15.2. The van der Waals surface area contributed by atoms with E-state index in [9.17, 15) is 4.79 Å². The highest BCUT2D eigenvalue weighted by Gasteiger charge is 2.29. The van der Waals surface area contributed by atoms with E-state index in [1.807, 2.05) is 18.3 Å². The maximum atomic E-state index is 11.5. The van der Waals surface area contributed by atoms with Crippen LogP contribution in [0.3, 0.4) is 0 Å². The third-order valence-electron chi connectivity index (χ3n) is 2.87. The summed E-state index contributed by atoms with van der Waals surface area (Å²) in [6.45, 7) is 0.573. The molecule has 0 atom stereocenters. The number of nitrogens with zero attached hydrogens (tertiary/aromatic N) is 1. The number of hydrogen-bond acceptors (Lipinski definition) is 2. The van der Waals surface area contributed by atoms with Gasteiger partial charge in [-0.2, -0.15) is 0 Å². The molecule has 4 nitrogen and oxygen atoms in total. The minimum atomic E-state index is 0.175. The van der Waals surface area contributed by atoms with E-state index in [2.05, 4.69) is 15.3 Å². The van der Waals surface area contributed by atoms with Crippen LogP contribution in [0, 0.1) is 5.92 Å². The Morgan fingerprint density at radius 1 is 1.56 bits per heavy atom. The Balaban J connectivity index is 1.70. The predicted molar refractivity (Wildman–Crippen MR) is 60.7 cm³/mol. The Kier molecular flexibility index (Phi) is 2.13. The maximum Gasteiger partial charge on any atom is 0.223 e. The van der Waals surface area contributed by atoms with Crippen LogP contribution in [-0.2, 0) is 11.3 Å². The smallest absolute Gasteiger partial charge is 0.223 e. The molecular formula is C12H13N3O. The Morgan fingerprint density at radius 2 is 2.44 bits per heavy atom. The molecule has 0 unspecified atom stereocenters. The number of fused-ring (bicyclic) bond motifs is 1.